The third-order valence-electron chi connectivity index (χ3n) is 5.81. The highest BCUT2D eigenvalue weighted by Crippen LogP contribution is 2.30. The van der Waals surface area contributed by atoms with Crippen molar-refractivity contribution in [1.29, 1.82) is 0 Å². The van der Waals surface area contributed by atoms with Gasteiger partial charge < -0.3 is 11.1 Å². The van der Waals surface area contributed by atoms with Gasteiger partial charge in [0, 0.05) is 37.0 Å². The van der Waals surface area contributed by atoms with Gasteiger partial charge in [-0.25, -0.2) is 13.4 Å². The van der Waals surface area contributed by atoms with Crippen molar-refractivity contribution in [2.24, 2.45) is 5.92 Å². The zero-order valence-electron chi connectivity index (χ0n) is 17.7. The van der Waals surface area contributed by atoms with Crippen molar-refractivity contribution >= 4 is 54.4 Å². The molecular formula is C22H23BrN6O2S2. The summed E-state index contributed by atoms with van der Waals surface area (Å²) >= 11 is 4.79. The number of hydrogen-bond donors (Lipinski definition) is 2. The molecule has 0 radical (unpaired) electrons. The number of sulfonamides is 1. The number of aromatic nitrogens is 3. The van der Waals surface area contributed by atoms with Gasteiger partial charge in [0.1, 0.15) is 10.0 Å². The molecule has 1 atom stereocenters. The van der Waals surface area contributed by atoms with Crippen LogP contribution in [0, 0.1) is 5.92 Å². The van der Waals surface area contributed by atoms with E-state index in [-0.39, 0.29) is 5.92 Å². The summed E-state index contributed by atoms with van der Waals surface area (Å²) in [5.74, 6) is 0.961. The van der Waals surface area contributed by atoms with Gasteiger partial charge in [-0.15, -0.1) is 11.3 Å². The van der Waals surface area contributed by atoms with Gasteiger partial charge in [0.25, 0.3) is 10.0 Å². The minimum absolute atomic E-state index is 0.181. The minimum Gasteiger partial charge on any atom is -0.398 e. The number of piperidine rings is 1. The Bertz CT molecular complexity index is 1390. The molecule has 4 aromatic rings. The monoisotopic (exact) mass is 546 g/mol. The van der Waals surface area contributed by atoms with Crippen LogP contribution < -0.4 is 11.1 Å². The normalized spacial score (nSPS) is 17.4. The number of anilines is 2. The summed E-state index contributed by atoms with van der Waals surface area (Å²) in [4.78, 5) is 4.74. The summed E-state index contributed by atoms with van der Waals surface area (Å²) in [7, 11) is -3.44. The number of halogens is 1. The molecule has 0 bridgehead atoms. The fraction of sp³-hybridized carbons (Fsp3) is 0.273. The average Bonchev–Trinajstić information content (AvgIpc) is 3.49. The van der Waals surface area contributed by atoms with Crippen LogP contribution in [-0.4, -0.2) is 47.0 Å². The summed E-state index contributed by atoms with van der Waals surface area (Å²) in [6, 6.07) is 13.0. The van der Waals surface area contributed by atoms with Crippen molar-refractivity contribution in [3.05, 3.63) is 58.5 Å². The lowest BCUT2D eigenvalue weighted by Gasteiger charge is -2.31. The molecule has 33 heavy (non-hydrogen) atoms. The van der Waals surface area contributed by atoms with Crippen LogP contribution in [0.1, 0.15) is 12.8 Å². The molecule has 3 aromatic heterocycles. The SMILES string of the molecule is Nc1ccccc1-c1cc(NCC2CCCN(S(=O)(=O)c3cccs3)C2)n2ncc(Br)c2n1. The van der Waals surface area contributed by atoms with E-state index in [2.05, 4.69) is 26.3 Å². The predicted molar refractivity (Wildman–Crippen MR) is 135 cm³/mol. The van der Waals surface area contributed by atoms with E-state index < -0.39 is 10.0 Å². The molecule has 0 saturated carbocycles. The average molecular weight is 548 g/mol. The second kappa shape index (κ2) is 9.05. The van der Waals surface area contributed by atoms with Crippen molar-refractivity contribution in [2.45, 2.75) is 17.1 Å². The van der Waals surface area contributed by atoms with E-state index in [0.29, 0.717) is 35.2 Å². The van der Waals surface area contributed by atoms with Crippen LogP contribution in [0.15, 0.2) is 62.7 Å². The number of rotatable bonds is 6. The number of nitrogens with zero attached hydrogens (tertiary/aromatic N) is 4. The van der Waals surface area contributed by atoms with Crippen LogP contribution >= 0.6 is 27.3 Å². The molecule has 1 saturated heterocycles. The number of benzene rings is 1. The van der Waals surface area contributed by atoms with Gasteiger partial charge in [0.05, 0.1) is 16.4 Å². The molecule has 3 N–H and O–H groups in total. The predicted octanol–water partition coefficient (Wildman–Crippen LogP) is 4.32. The van der Waals surface area contributed by atoms with Gasteiger partial charge in [0.2, 0.25) is 0 Å². The Kier molecular flexibility index (Phi) is 6.12. The number of nitrogen functional groups attached to an aromatic ring is 1. The van der Waals surface area contributed by atoms with E-state index in [1.54, 1.807) is 32.5 Å². The summed E-state index contributed by atoms with van der Waals surface area (Å²) < 4.78 is 30.5. The van der Waals surface area contributed by atoms with Gasteiger partial charge in [0.15, 0.2) is 5.65 Å². The standard InChI is InChI=1S/C22H23BrN6O2S2/c23-17-13-26-29-20(11-19(27-22(17)29)16-6-1-2-7-18(16)24)25-12-15-5-3-9-28(14-15)33(30,31)21-8-4-10-32-21/h1-2,4,6-8,10-11,13,15,25H,3,5,9,12,14,24H2. The maximum Gasteiger partial charge on any atom is 0.252 e. The highest BCUT2D eigenvalue weighted by molar-refractivity contribution is 9.10. The first-order valence-corrected chi connectivity index (χ1v) is 13.7. The lowest BCUT2D eigenvalue weighted by molar-refractivity contribution is 0.275. The number of hydrogen-bond acceptors (Lipinski definition) is 7. The third-order valence-corrected chi connectivity index (χ3v) is 9.61. The molecule has 0 aliphatic carbocycles. The molecule has 1 aliphatic heterocycles. The number of thiophene rings is 1. The Balaban J connectivity index is 1.39. The largest absolute Gasteiger partial charge is 0.398 e. The molecule has 0 spiro atoms. The quantitative estimate of drug-likeness (QED) is 0.349. The smallest absolute Gasteiger partial charge is 0.252 e. The molecule has 8 nitrogen and oxygen atoms in total. The topological polar surface area (TPSA) is 106 Å². The minimum atomic E-state index is -3.44. The van der Waals surface area contributed by atoms with Crippen LogP contribution in [0.3, 0.4) is 0 Å². The van der Waals surface area contributed by atoms with E-state index >= 15 is 0 Å². The summed E-state index contributed by atoms with van der Waals surface area (Å²) in [5.41, 5.74) is 9.12. The lowest BCUT2D eigenvalue weighted by Crippen LogP contribution is -2.41. The first-order chi connectivity index (χ1) is 15.9. The fourth-order valence-electron chi connectivity index (χ4n) is 4.13. The van der Waals surface area contributed by atoms with Crippen molar-refractivity contribution in [3.63, 3.8) is 0 Å². The van der Waals surface area contributed by atoms with Crippen LogP contribution in [0.4, 0.5) is 11.5 Å². The zero-order valence-corrected chi connectivity index (χ0v) is 20.9. The number of nitrogens with one attached hydrogen (secondary N) is 1. The van der Waals surface area contributed by atoms with Crippen molar-refractivity contribution < 1.29 is 8.42 Å². The van der Waals surface area contributed by atoms with Gasteiger partial charge in [-0.2, -0.15) is 13.9 Å². The second-order valence-corrected chi connectivity index (χ2v) is 12.0. The molecule has 1 aliphatic rings. The highest BCUT2D eigenvalue weighted by atomic mass is 79.9. The maximum absolute atomic E-state index is 13.0. The summed E-state index contributed by atoms with van der Waals surface area (Å²) in [6.45, 7) is 1.67. The van der Waals surface area contributed by atoms with Gasteiger partial charge in [-0.1, -0.05) is 24.3 Å². The van der Waals surface area contributed by atoms with Gasteiger partial charge in [-0.05, 0) is 52.2 Å². The molecule has 4 heterocycles. The Labute approximate surface area is 204 Å². The van der Waals surface area contributed by atoms with Gasteiger partial charge in [-0.3, -0.25) is 0 Å². The van der Waals surface area contributed by atoms with E-state index in [1.807, 2.05) is 30.3 Å². The Morgan fingerprint density at radius 2 is 2.09 bits per heavy atom. The lowest BCUT2D eigenvalue weighted by atomic mass is 10.00. The number of nitrogens with two attached hydrogens (primary N) is 1. The molecule has 5 rings (SSSR count). The van der Waals surface area contributed by atoms with Crippen LogP contribution in [0.25, 0.3) is 16.9 Å². The fourth-order valence-corrected chi connectivity index (χ4v) is 7.18. The van der Waals surface area contributed by atoms with Crippen molar-refractivity contribution in [1.82, 2.24) is 18.9 Å². The highest BCUT2D eigenvalue weighted by Gasteiger charge is 2.31. The Hall–Kier alpha value is -2.47. The van der Waals surface area contributed by atoms with E-state index in [1.165, 1.54) is 11.3 Å². The first-order valence-electron chi connectivity index (χ1n) is 10.6. The number of para-hydroxylation sites is 1. The van der Waals surface area contributed by atoms with E-state index in [4.69, 9.17) is 10.7 Å². The van der Waals surface area contributed by atoms with E-state index in [9.17, 15) is 8.42 Å². The van der Waals surface area contributed by atoms with Crippen molar-refractivity contribution in [2.75, 3.05) is 30.7 Å². The molecule has 1 unspecified atom stereocenters. The third kappa shape index (κ3) is 4.37. The molecule has 172 valence electrons. The molecule has 1 aromatic carbocycles. The maximum atomic E-state index is 13.0. The van der Waals surface area contributed by atoms with Crippen LogP contribution in [0.2, 0.25) is 0 Å². The first kappa shape index (κ1) is 22.3. The molecular weight excluding hydrogens is 524 g/mol. The number of fused-ring (bicyclic) bond motifs is 1. The van der Waals surface area contributed by atoms with E-state index in [0.717, 1.165) is 34.4 Å². The zero-order chi connectivity index (χ0) is 23.0. The van der Waals surface area contributed by atoms with Gasteiger partial charge >= 0.3 is 0 Å². The summed E-state index contributed by atoms with van der Waals surface area (Å²) in [6.07, 6.45) is 3.50. The second-order valence-electron chi connectivity index (χ2n) is 8.03. The molecule has 1 fully saturated rings. The molecule has 11 heteroatoms. The Morgan fingerprint density at radius 1 is 1.24 bits per heavy atom. The van der Waals surface area contributed by atoms with Crippen LogP contribution in [0.5, 0.6) is 0 Å². The Morgan fingerprint density at radius 3 is 2.88 bits per heavy atom. The summed E-state index contributed by atoms with van der Waals surface area (Å²) in [5, 5.41) is 9.72. The molecule has 0 amide bonds. The van der Waals surface area contributed by atoms with Crippen molar-refractivity contribution in [3.8, 4) is 11.3 Å². The van der Waals surface area contributed by atoms with Crippen LogP contribution in [-0.2, 0) is 10.0 Å².